The van der Waals surface area contributed by atoms with E-state index in [4.69, 9.17) is 116 Å². The van der Waals surface area contributed by atoms with Crippen LogP contribution in [0.15, 0.2) is 60.7 Å². The van der Waals surface area contributed by atoms with Crippen molar-refractivity contribution in [1.82, 2.24) is 5.32 Å². The van der Waals surface area contributed by atoms with Gasteiger partial charge in [0, 0.05) is 21.1 Å². The van der Waals surface area contributed by atoms with Crippen molar-refractivity contribution in [2.75, 3.05) is 19.8 Å². The fourth-order valence-electron chi connectivity index (χ4n) is 8.03. The molecule has 0 saturated carbocycles. The van der Waals surface area contributed by atoms with Gasteiger partial charge >= 0.3 is 32.0 Å². The molecule has 1 aliphatic rings. The van der Waals surface area contributed by atoms with Crippen molar-refractivity contribution >= 4 is 110 Å². The zero-order valence-corrected chi connectivity index (χ0v) is 53.3. The molecule has 1 N–H and O–H groups in total. The van der Waals surface area contributed by atoms with Gasteiger partial charge in [0.1, 0.15) is 49.1 Å². The minimum atomic E-state index is -5.01. The summed E-state index contributed by atoms with van der Waals surface area (Å²) >= 11 is 36.3. The quantitative estimate of drug-likeness (QED) is 0.0168. The van der Waals surface area contributed by atoms with E-state index in [1.54, 1.807) is 36.4 Å². The first kappa shape index (κ1) is 70.9. The fourth-order valence-corrected chi connectivity index (χ4v) is 10.5. The maximum Gasteiger partial charge on any atom is 0.588 e. The topological polar surface area (TPSA) is 190 Å². The van der Waals surface area contributed by atoms with E-state index in [1.807, 2.05) is 0 Å². The molecule has 6 atom stereocenters. The maximum absolute atomic E-state index is 15.4. The summed E-state index contributed by atoms with van der Waals surface area (Å²) in [7, 11) is -6.84. The first-order valence-electron chi connectivity index (χ1n) is 27.6. The number of rotatable bonds is 37. The van der Waals surface area contributed by atoms with Gasteiger partial charge in [-0.05, 0) is 63.4 Å². The molecule has 3 rings (SSSR count). The van der Waals surface area contributed by atoms with Crippen molar-refractivity contribution < 1.29 is 70.5 Å². The number of alkyl carbamates (subject to hydrolysis) is 1. The lowest BCUT2D eigenvalue weighted by Crippen LogP contribution is -2.66. The third-order valence-electron chi connectivity index (χ3n) is 12.6. The van der Waals surface area contributed by atoms with Crippen LogP contribution in [0.3, 0.4) is 0 Å². The Balaban J connectivity index is 2.18. The number of nitrogens with one attached hydrogen (secondary N) is 1. The SMILES string of the molecule is CCCCCCCCCCC[C@H](CC(=O)O[C@@H]1[C@H](NC(=O)OCC(Cl)(Cl)Cl)[C@@H](OCC[Si](C)(C)C)O[C@H](COC(=O)OC(C)(C)C(Cl)(Cl)Cl)[C@H]1OP(=O)(Oc1ccccc1)Oc1ccccc1)OC(=O)CCCCCCCCC. The second-order valence-electron chi connectivity index (χ2n) is 21.3. The van der Waals surface area contributed by atoms with Crippen LogP contribution in [0.25, 0.3) is 0 Å². The van der Waals surface area contributed by atoms with E-state index in [0.717, 1.165) is 77.0 Å². The van der Waals surface area contributed by atoms with Crippen molar-refractivity contribution in [1.29, 1.82) is 0 Å². The lowest BCUT2D eigenvalue weighted by atomic mass is 9.96. The number of phosphoric acid groups is 1. The molecule has 2 aromatic rings. The van der Waals surface area contributed by atoms with E-state index in [2.05, 4.69) is 38.8 Å². The zero-order valence-electron chi connectivity index (χ0n) is 46.8. The normalized spacial score (nSPS) is 18.5. The number of halogens is 6. The summed E-state index contributed by atoms with van der Waals surface area (Å²) in [6.45, 7) is 11.9. The molecule has 79 heavy (non-hydrogen) atoms. The van der Waals surface area contributed by atoms with E-state index < -0.39 is 110 Å². The first-order chi connectivity index (χ1) is 37.2. The summed E-state index contributed by atoms with van der Waals surface area (Å²) in [5, 5.41) is 2.63. The molecule has 24 heteroatoms. The molecule has 1 fully saturated rings. The molecule has 0 unspecified atom stereocenters. The van der Waals surface area contributed by atoms with Crippen molar-refractivity contribution in [2.45, 2.75) is 225 Å². The van der Waals surface area contributed by atoms with Gasteiger partial charge in [0.15, 0.2) is 18.0 Å². The smallest absolute Gasteiger partial charge is 0.462 e. The number of carbonyl (C=O) groups excluding carboxylic acids is 4. The largest absolute Gasteiger partial charge is 0.588 e. The van der Waals surface area contributed by atoms with Gasteiger partial charge < -0.3 is 47.5 Å². The Labute approximate surface area is 499 Å². The van der Waals surface area contributed by atoms with Crippen LogP contribution in [0, 0.1) is 0 Å². The number of hydrogen-bond donors (Lipinski definition) is 1. The molecular formula is C55H84Cl6NO15PSi. The van der Waals surface area contributed by atoms with Crippen molar-refractivity contribution in [3.63, 3.8) is 0 Å². The maximum atomic E-state index is 15.4. The Bertz CT molecular complexity index is 2070. The predicted octanol–water partition coefficient (Wildman–Crippen LogP) is 16.8. The van der Waals surface area contributed by atoms with E-state index in [9.17, 15) is 19.2 Å². The standard InChI is InChI=1S/C55H84Cl6NO15PSi/c1-8-10-12-14-16-17-19-20-24-34-43(71-45(63)35-29-21-18-15-13-11-9-2)38-46(64)73-49-47(62-51(65)70-40-54(56,57)58)50(68-36-37-79(5,6)7)72-44(39-69-52(66)74-53(3,4)55(59,60)61)48(49)77-78(67,75-41-30-25-22-26-31-41)76-42-32-27-23-28-33-42/h22-23,25-28,30-33,43-44,47-50H,8-21,24,29,34-40H2,1-7H3,(H,62,65)/t43-,44-,47+,48-,49-,50+/m1/s1. The lowest BCUT2D eigenvalue weighted by molar-refractivity contribution is -0.269. The zero-order chi connectivity index (χ0) is 58.5. The highest BCUT2D eigenvalue weighted by Gasteiger charge is 2.55. The van der Waals surface area contributed by atoms with E-state index >= 15 is 4.57 Å². The number of unbranched alkanes of at least 4 members (excludes halogenated alkanes) is 14. The number of hydrogen-bond acceptors (Lipinski definition) is 15. The molecule has 0 aliphatic carbocycles. The summed E-state index contributed by atoms with van der Waals surface area (Å²) in [6, 6.07) is 14.9. The number of alkyl halides is 6. The molecule has 16 nitrogen and oxygen atoms in total. The van der Waals surface area contributed by atoms with Crippen LogP contribution in [-0.4, -0.2) is 102 Å². The lowest BCUT2D eigenvalue weighted by Gasteiger charge is -2.45. The van der Waals surface area contributed by atoms with Crippen LogP contribution in [0.2, 0.25) is 25.7 Å². The third kappa shape index (κ3) is 30.1. The molecule has 450 valence electrons. The van der Waals surface area contributed by atoms with E-state index in [0.29, 0.717) is 25.3 Å². The van der Waals surface area contributed by atoms with Gasteiger partial charge in [-0.2, -0.15) is 0 Å². The van der Waals surface area contributed by atoms with Gasteiger partial charge in [-0.15, -0.1) is 0 Å². The Morgan fingerprint density at radius 1 is 0.696 bits per heavy atom. The van der Waals surface area contributed by atoms with Gasteiger partial charge in [-0.3, -0.25) is 14.1 Å². The number of ether oxygens (including phenoxy) is 7. The molecule has 0 radical (unpaired) electrons. The van der Waals surface area contributed by atoms with Crippen LogP contribution in [0.1, 0.15) is 150 Å². The molecule has 0 spiro atoms. The predicted molar refractivity (Wildman–Crippen MR) is 314 cm³/mol. The average Bonchev–Trinajstić information content (AvgIpc) is 3.42. The molecule has 1 amide bonds. The number of amides is 1. The van der Waals surface area contributed by atoms with Gasteiger partial charge in [0.2, 0.25) is 7.59 Å². The number of carbonyl (C=O) groups is 4. The highest BCUT2D eigenvalue weighted by molar-refractivity contribution is 7.49. The Kier molecular flexibility index (Phi) is 32.6. The highest BCUT2D eigenvalue weighted by atomic mass is 35.6. The van der Waals surface area contributed by atoms with Crippen molar-refractivity contribution in [3.05, 3.63) is 60.7 Å². The number of para-hydroxylation sites is 2. The molecule has 1 aliphatic heterocycles. The summed E-state index contributed by atoms with van der Waals surface area (Å²) in [6.07, 6.45) is 6.09. The summed E-state index contributed by atoms with van der Waals surface area (Å²) in [5.41, 5.74) is -1.73. The third-order valence-corrected chi connectivity index (χ3v) is 17.3. The molecule has 1 heterocycles. The second-order valence-corrected chi connectivity index (χ2v) is 33.2. The minimum Gasteiger partial charge on any atom is -0.462 e. The van der Waals surface area contributed by atoms with E-state index in [1.165, 1.54) is 51.0 Å². The molecule has 1 saturated heterocycles. The number of phosphoric ester groups is 1. The first-order valence-corrected chi connectivity index (χ1v) is 35.0. The van der Waals surface area contributed by atoms with Crippen LogP contribution >= 0.6 is 77.4 Å². The van der Waals surface area contributed by atoms with E-state index in [-0.39, 0.29) is 24.5 Å². The van der Waals surface area contributed by atoms with Crippen molar-refractivity contribution in [2.24, 2.45) is 0 Å². The monoisotopic (exact) mass is 1270 g/mol. The highest BCUT2D eigenvalue weighted by Crippen LogP contribution is 2.53. The minimum absolute atomic E-state index is 0.0347. The van der Waals surface area contributed by atoms with Gasteiger partial charge in [0.25, 0.3) is 0 Å². The van der Waals surface area contributed by atoms with Crippen LogP contribution < -0.4 is 14.4 Å². The average molecular weight is 1270 g/mol. The molecule has 0 aromatic heterocycles. The summed E-state index contributed by atoms with van der Waals surface area (Å²) < 4.78 is 71.4. The fraction of sp³-hybridized carbons (Fsp3) is 0.709. The second kappa shape index (κ2) is 36.3. The number of esters is 2. The molecular weight excluding hydrogens is 1190 g/mol. The van der Waals surface area contributed by atoms with Crippen LogP contribution in [0.4, 0.5) is 9.59 Å². The molecule has 0 bridgehead atoms. The van der Waals surface area contributed by atoms with Gasteiger partial charge in [0.05, 0.1) is 6.42 Å². The Morgan fingerprint density at radius 3 is 1.72 bits per heavy atom. The van der Waals surface area contributed by atoms with Crippen LogP contribution in [-0.2, 0) is 51.8 Å². The Hall–Kier alpha value is -2.41. The van der Waals surface area contributed by atoms with Gasteiger partial charge in [-0.1, -0.05) is 229 Å². The Morgan fingerprint density at radius 2 is 1.22 bits per heavy atom. The van der Waals surface area contributed by atoms with Gasteiger partial charge in [-0.25, -0.2) is 14.2 Å². The summed E-state index contributed by atoms with van der Waals surface area (Å²) in [4.78, 5) is 55.6. The summed E-state index contributed by atoms with van der Waals surface area (Å²) in [5.74, 6) is -1.32. The van der Waals surface area contributed by atoms with Crippen molar-refractivity contribution in [3.8, 4) is 11.5 Å². The van der Waals surface area contributed by atoms with Crippen LogP contribution in [0.5, 0.6) is 11.5 Å². The number of benzene rings is 2. The molecule has 2 aromatic carbocycles.